The van der Waals surface area contributed by atoms with Crippen molar-refractivity contribution >= 4 is 58.5 Å². The molecule has 10 rings (SSSR count). The third-order valence-corrected chi connectivity index (χ3v) is 17.0. The summed E-state index contributed by atoms with van der Waals surface area (Å²) >= 11 is 0. The predicted octanol–water partition coefficient (Wildman–Crippen LogP) is 7.40. The van der Waals surface area contributed by atoms with Crippen molar-refractivity contribution in [1.29, 1.82) is 0 Å². The van der Waals surface area contributed by atoms with E-state index in [2.05, 4.69) is 76.6 Å². The van der Waals surface area contributed by atoms with Gasteiger partial charge in [0, 0.05) is 82.0 Å². The van der Waals surface area contributed by atoms with Crippen molar-refractivity contribution in [3.63, 3.8) is 0 Å². The third-order valence-electron chi connectivity index (χ3n) is 17.0. The molecule has 1 unspecified atom stereocenters. The van der Waals surface area contributed by atoms with Gasteiger partial charge in [-0.2, -0.15) is 0 Å². The summed E-state index contributed by atoms with van der Waals surface area (Å²) in [6, 6.07) is 16.5. The number of rotatable bonds is 24. The number of benzene rings is 3. The number of aromatic nitrogens is 5. The fourth-order valence-electron chi connectivity index (χ4n) is 12.0. The number of hydrogen-bond donors (Lipinski definition) is 5. The first-order valence-electron chi connectivity index (χ1n) is 29.5. The van der Waals surface area contributed by atoms with Gasteiger partial charge in [0.05, 0.1) is 41.6 Å². The molecule has 2 aromatic heterocycles. The molecule has 1 spiro atoms. The number of imide groups is 2. The number of carbonyl (C=O) groups is 6. The van der Waals surface area contributed by atoms with E-state index in [9.17, 15) is 28.8 Å². The van der Waals surface area contributed by atoms with Gasteiger partial charge in [-0.15, -0.1) is 5.10 Å². The van der Waals surface area contributed by atoms with Gasteiger partial charge < -0.3 is 31.1 Å². The van der Waals surface area contributed by atoms with E-state index in [1.807, 2.05) is 30.5 Å². The first kappa shape index (κ1) is 58.3. The van der Waals surface area contributed by atoms with Crippen LogP contribution in [0, 0.1) is 17.0 Å². The van der Waals surface area contributed by atoms with E-state index in [0.717, 1.165) is 106 Å². The van der Waals surface area contributed by atoms with Gasteiger partial charge >= 0.3 is 0 Å². The van der Waals surface area contributed by atoms with Crippen LogP contribution < -0.4 is 36.4 Å². The number of unbranched alkanes of at least 4 members (excludes halogenated alkanes) is 7. The standard InChI is InChI=1S/C61H76F2N14O6/c1-60(2)20-25-73(26-21-60)36-43-30-47(63)50(31-46(43)62)75-38-55(80)70-61(39-75)22-27-74(28-23-61)52-32-51(67-40-68-52)65-33-41-13-11-14-42(29-41)34-66-53(78)17-9-7-5-3-4-6-8-10-24-76-37-44(71-72-76)35-64-48-16-12-15-45-56(48)59(83)77(58(45)82)49-18-19-54(79)69-57(49)81/h11-16,29-32,37,40,49,64H,3-10,17-28,33-36,38-39H2,1-2H3,(H,66,78)(H,70,80)(H,65,67,68)(H,69,79,81). The summed E-state index contributed by atoms with van der Waals surface area (Å²) in [7, 11) is 0. The second-order valence-corrected chi connectivity index (χ2v) is 23.8. The molecule has 5 aliphatic rings. The van der Waals surface area contributed by atoms with E-state index in [0.29, 0.717) is 81.3 Å². The van der Waals surface area contributed by atoms with Crippen molar-refractivity contribution < 1.29 is 37.5 Å². The van der Waals surface area contributed by atoms with Crippen LogP contribution in [0.25, 0.3) is 0 Å². The first-order valence-corrected chi connectivity index (χ1v) is 29.5. The van der Waals surface area contributed by atoms with Crippen LogP contribution >= 0.6 is 0 Å². The zero-order chi connectivity index (χ0) is 58.1. The summed E-state index contributed by atoms with van der Waals surface area (Å²) in [6.45, 7) is 10.1. The lowest BCUT2D eigenvalue weighted by molar-refractivity contribution is -0.136. The number of carbonyl (C=O) groups excluding carboxylic acids is 6. The van der Waals surface area contributed by atoms with Gasteiger partial charge in [-0.25, -0.2) is 18.7 Å². The molecule has 22 heteroatoms. The van der Waals surface area contributed by atoms with Gasteiger partial charge in [-0.3, -0.25) is 48.6 Å². The van der Waals surface area contributed by atoms with Gasteiger partial charge in [-0.1, -0.05) is 87.9 Å². The Morgan fingerprint density at radius 3 is 2.25 bits per heavy atom. The summed E-state index contributed by atoms with van der Waals surface area (Å²) < 4.78 is 33.1. The molecule has 0 radical (unpaired) electrons. The zero-order valence-corrected chi connectivity index (χ0v) is 47.6. The average molecular weight is 1140 g/mol. The van der Waals surface area contributed by atoms with E-state index in [4.69, 9.17) is 0 Å². The molecule has 5 N–H and O–H groups in total. The van der Waals surface area contributed by atoms with Crippen LogP contribution in [-0.2, 0) is 51.9 Å². The Morgan fingerprint density at radius 1 is 0.747 bits per heavy atom. The second-order valence-electron chi connectivity index (χ2n) is 23.8. The zero-order valence-electron chi connectivity index (χ0n) is 47.6. The number of nitrogens with zero attached hydrogens (tertiary/aromatic N) is 9. The highest BCUT2D eigenvalue weighted by Crippen LogP contribution is 2.36. The highest BCUT2D eigenvalue weighted by molar-refractivity contribution is 6.25. The average Bonchev–Trinajstić information content (AvgIpc) is 2.29. The Labute approximate surface area is 482 Å². The minimum absolute atomic E-state index is 0.0358. The number of nitrogens with one attached hydrogen (secondary N) is 5. The van der Waals surface area contributed by atoms with Crippen LogP contribution in [0.3, 0.4) is 0 Å². The molecule has 0 aliphatic carbocycles. The largest absolute Gasteiger partial charge is 0.379 e. The van der Waals surface area contributed by atoms with E-state index < -0.39 is 46.8 Å². The normalized spacial score (nSPS) is 18.8. The van der Waals surface area contributed by atoms with E-state index in [1.54, 1.807) is 27.8 Å². The van der Waals surface area contributed by atoms with Crippen LogP contribution in [0.15, 0.2) is 73.2 Å². The van der Waals surface area contributed by atoms with Crippen molar-refractivity contribution in [2.75, 3.05) is 59.7 Å². The molecule has 5 aliphatic heterocycles. The highest BCUT2D eigenvalue weighted by atomic mass is 19.1. The smallest absolute Gasteiger partial charge is 0.264 e. The fraction of sp³-hybridized carbons (Fsp3) is 0.508. The molecule has 1 atom stereocenters. The molecule has 0 bridgehead atoms. The van der Waals surface area contributed by atoms with E-state index in [1.165, 1.54) is 18.5 Å². The molecular formula is C61H76F2N14O6. The molecule has 4 saturated heterocycles. The Bertz CT molecular complexity index is 3190. The van der Waals surface area contributed by atoms with Gasteiger partial charge in [0.2, 0.25) is 23.6 Å². The van der Waals surface area contributed by atoms with Crippen LogP contribution in [0.5, 0.6) is 0 Å². The number of halogens is 2. The van der Waals surface area contributed by atoms with Crippen molar-refractivity contribution in [1.82, 2.24) is 50.7 Å². The monoisotopic (exact) mass is 1140 g/mol. The van der Waals surface area contributed by atoms with Gasteiger partial charge in [-0.05, 0) is 92.8 Å². The lowest BCUT2D eigenvalue weighted by atomic mass is 9.82. The van der Waals surface area contributed by atoms with Crippen LogP contribution in [-0.4, -0.2) is 121 Å². The van der Waals surface area contributed by atoms with Crippen molar-refractivity contribution in [2.45, 2.75) is 154 Å². The number of fused-ring (bicyclic) bond motifs is 1. The summed E-state index contributed by atoms with van der Waals surface area (Å²) in [5.74, 6) is -1.89. The molecule has 7 heterocycles. The maximum atomic E-state index is 15.7. The number of piperazine rings is 1. The number of anilines is 4. The molecule has 6 amide bonds. The lowest BCUT2D eigenvalue weighted by Crippen LogP contribution is -2.66. The number of aryl methyl sites for hydroxylation is 1. The van der Waals surface area contributed by atoms with Crippen LogP contribution in [0.2, 0.25) is 0 Å². The Kier molecular flexibility index (Phi) is 18.4. The summed E-state index contributed by atoms with van der Waals surface area (Å²) in [6.07, 6.45) is 15.5. The quantitative estimate of drug-likeness (QED) is 0.0299. The van der Waals surface area contributed by atoms with Gasteiger partial charge in [0.25, 0.3) is 11.8 Å². The Hall–Kier alpha value is -7.88. The van der Waals surface area contributed by atoms with Crippen molar-refractivity contribution in [3.05, 3.63) is 118 Å². The molecule has 5 aromatic rings. The number of hydrogen-bond acceptors (Lipinski definition) is 15. The number of piperidine rings is 3. The SMILES string of the molecule is CC1(C)CCN(Cc2cc(F)c(N3CC(=O)NC4(CCN(c5cc(NCc6cccc(CNC(=O)CCCCCCCCCCn7cc(CNc8cccc9c8C(=O)N(C8CCC(=O)NC8=O)C9=O)nn7)c6)ncn5)CC4)C3)cc2F)CC1. The highest BCUT2D eigenvalue weighted by Gasteiger charge is 2.46. The molecular weight excluding hydrogens is 1060 g/mol. The maximum Gasteiger partial charge on any atom is 0.264 e. The molecule has 20 nitrogen and oxygen atoms in total. The molecule has 4 fully saturated rings. The third kappa shape index (κ3) is 14.7. The topological polar surface area (TPSA) is 232 Å². The van der Waals surface area contributed by atoms with Gasteiger partial charge in [0.1, 0.15) is 41.3 Å². The van der Waals surface area contributed by atoms with Crippen molar-refractivity contribution in [3.8, 4) is 0 Å². The maximum absolute atomic E-state index is 15.7. The Balaban J connectivity index is 0.577. The fourth-order valence-corrected chi connectivity index (χ4v) is 12.0. The lowest BCUT2D eigenvalue weighted by Gasteiger charge is -2.48. The summed E-state index contributed by atoms with van der Waals surface area (Å²) in [4.78, 5) is 92.6. The van der Waals surface area contributed by atoms with Crippen LogP contribution in [0.4, 0.5) is 31.8 Å². The predicted molar refractivity (Wildman–Crippen MR) is 309 cm³/mol. The van der Waals surface area contributed by atoms with E-state index >= 15 is 8.78 Å². The minimum Gasteiger partial charge on any atom is -0.379 e. The molecule has 3 aromatic carbocycles. The van der Waals surface area contributed by atoms with E-state index in [-0.39, 0.29) is 60.0 Å². The van der Waals surface area contributed by atoms with Gasteiger partial charge in [0.15, 0.2) is 0 Å². The molecule has 83 heavy (non-hydrogen) atoms. The molecule has 440 valence electrons. The van der Waals surface area contributed by atoms with Crippen LogP contribution in [0.1, 0.15) is 153 Å². The number of likely N-dealkylation sites (tertiary alicyclic amines) is 1. The minimum atomic E-state index is -1.03. The second kappa shape index (κ2) is 26.1. The Morgan fingerprint density at radius 2 is 1.48 bits per heavy atom. The molecule has 0 saturated carbocycles. The number of amides is 6. The first-order chi connectivity index (χ1) is 40.1. The summed E-state index contributed by atoms with van der Waals surface area (Å²) in [5, 5.41) is 23.7. The summed E-state index contributed by atoms with van der Waals surface area (Å²) in [5.41, 5.74) is 3.73. The van der Waals surface area contributed by atoms with Crippen molar-refractivity contribution in [2.24, 2.45) is 5.41 Å².